The van der Waals surface area contributed by atoms with Gasteiger partial charge < -0.3 is 13.9 Å². The van der Waals surface area contributed by atoms with Crippen molar-refractivity contribution in [1.82, 2.24) is 4.40 Å². The van der Waals surface area contributed by atoms with Crippen molar-refractivity contribution in [2.45, 2.75) is 6.92 Å². The number of aldehydes is 1. The molecule has 2 aromatic heterocycles. The second-order valence-electron chi connectivity index (χ2n) is 7.01. The molecule has 7 heteroatoms. The Hall–Kier alpha value is -4.13. The number of aromatic nitrogens is 1. The second-order valence-corrected chi connectivity index (χ2v) is 7.01. The van der Waals surface area contributed by atoms with Gasteiger partial charge in [-0.2, -0.15) is 0 Å². The zero-order chi connectivity index (χ0) is 22.1. The zero-order valence-corrected chi connectivity index (χ0v) is 17.3. The molecule has 0 saturated carbocycles. The molecule has 31 heavy (non-hydrogen) atoms. The summed E-state index contributed by atoms with van der Waals surface area (Å²) >= 11 is 0. The average Bonchev–Trinajstić information content (AvgIpc) is 3.09. The number of nitrogens with zero attached hydrogens (tertiary/aromatic N) is 2. The summed E-state index contributed by atoms with van der Waals surface area (Å²) in [6.45, 7) is 1.91. The maximum Gasteiger partial charge on any atom is 0.310 e. The first kappa shape index (κ1) is 20.2. The molecule has 0 unspecified atom stereocenters. The maximum absolute atomic E-state index is 12.1. The predicted octanol–water partition coefficient (Wildman–Crippen LogP) is 5.32. The fraction of sp³-hybridized carbons (Fsp3) is 0.125. The molecule has 156 valence electrons. The van der Waals surface area contributed by atoms with Crippen molar-refractivity contribution in [3.05, 3.63) is 82.0 Å². The number of pyridine rings is 1. The Balaban J connectivity index is 1.99. The van der Waals surface area contributed by atoms with Crippen LogP contribution in [0, 0.1) is 17.0 Å². The Labute approximate surface area is 178 Å². The molecule has 0 aliphatic rings. The molecule has 0 saturated heterocycles. The molecule has 0 amide bonds. The first-order valence-electron chi connectivity index (χ1n) is 9.56. The number of rotatable bonds is 6. The number of nitro benzene ring substituents is 1. The van der Waals surface area contributed by atoms with Gasteiger partial charge in [0, 0.05) is 17.2 Å². The predicted molar refractivity (Wildman–Crippen MR) is 118 cm³/mol. The number of nitro groups is 1. The monoisotopic (exact) mass is 416 g/mol. The van der Waals surface area contributed by atoms with Gasteiger partial charge in [0.15, 0.2) is 12.0 Å². The quantitative estimate of drug-likeness (QED) is 0.241. The third-order valence-corrected chi connectivity index (χ3v) is 5.41. The van der Waals surface area contributed by atoms with E-state index in [4.69, 9.17) is 9.47 Å². The number of carbonyl (C=O) groups excluding carboxylic acids is 1. The molecule has 2 aromatic carbocycles. The minimum Gasteiger partial charge on any atom is -0.497 e. The molecular weight excluding hydrogens is 396 g/mol. The fourth-order valence-corrected chi connectivity index (χ4v) is 3.93. The highest BCUT2D eigenvalue weighted by Crippen LogP contribution is 2.38. The van der Waals surface area contributed by atoms with E-state index in [2.05, 4.69) is 0 Å². The Bertz CT molecular complexity index is 1310. The third kappa shape index (κ3) is 3.30. The van der Waals surface area contributed by atoms with Gasteiger partial charge in [0.2, 0.25) is 0 Å². The van der Waals surface area contributed by atoms with Crippen molar-refractivity contribution in [2.24, 2.45) is 0 Å². The molecule has 0 N–H and O–H groups in total. The number of hydrogen-bond donors (Lipinski definition) is 0. The van der Waals surface area contributed by atoms with E-state index >= 15 is 0 Å². The highest BCUT2D eigenvalue weighted by molar-refractivity contribution is 5.94. The van der Waals surface area contributed by atoms with Gasteiger partial charge in [0.25, 0.3) is 0 Å². The van der Waals surface area contributed by atoms with Crippen LogP contribution in [-0.2, 0) is 0 Å². The molecule has 4 aromatic rings. The van der Waals surface area contributed by atoms with Crippen LogP contribution < -0.4 is 9.47 Å². The Morgan fingerprint density at radius 1 is 0.968 bits per heavy atom. The van der Waals surface area contributed by atoms with E-state index in [1.807, 2.05) is 53.8 Å². The molecule has 0 spiro atoms. The largest absolute Gasteiger partial charge is 0.497 e. The van der Waals surface area contributed by atoms with Crippen molar-refractivity contribution in [1.29, 1.82) is 0 Å². The lowest BCUT2D eigenvalue weighted by Gasteiger charge is -2.10. The second kappa shape index (κ2) is 7.95. The summed E-state index contributed by atoms with van der Waals surface area (Å²) in [5.41, 5.74) is 5.46. The minimum absolute atomic E-state index is 0.114. The topological polar surface area (TPSA) is 83.1 Å². The van der Waals surface area contributed by atoms with Gasteiger partial charge in [0.1, 0.15) is 5.75 Å². The Kier molecular flexibility index (Phi) is 5.17. The summed E-state index contributed by atoms with van der Waals surface area (Å²) in [5.74, 6) is 0.908. The molecule has 0 atom stereocenters. The Morgan fingerprint density at radius 2 is 1.68 bits per heavy atom. The zero-order valence-electron chi connectivity index (χ0n) is 17.3. The summed E-state index contributed by atoms with van der Waals surface area (Å²) in [4.78, 5) is 22.9. The number of hydrogen-bond acceptors (Lipinski definition) is 5. The Morgan fingerprint density at radius 3 is 2.29 bits per heavy atom. The number of methoxy groups -OCH3 is 2. The summed E-state index contributed by atoms with van der Waals surface area (Å²) < 4.78 is 12.4. The first-order chi connectivity index (χ1) is 15.0. The minimum atomic E-state index is -0.484. The van der Waals surface area contributed by atoms with Crippen LogP contribution in [-0.4, -0.2) is 29.8 Å². The van der Waals surface area contributed by atoms with E-state index in [0.29, 0.717) is 11.3 Å². The standard InChI is InChI=1S/C24H20N2O5/c1-15-22(14-27)25-19(17-9-12-20(26(28)29)23(13-17)31-3)5-4-6-21(25)24(15)16-7-10-18(30-2)11-8-16/h4-14H,1-3H3. The van der Waals surface area contributed by atoms with Crippen molar-refractivity contribution in [2.75, 3.05) is 14.2 Å². The van der Waals surface area contributed by atoms with Crippen LogP contribution in [0.15, 0.2) is 60.7 Å². The van der Waals surface area contributed by atoms with Crippen LogP contribution in [0.3, 0.4) is 0 Å². The molecule has 0 fully saturated rings. The third-order valence-electron chi connectivity index (χ3n) is 5.41. The molecule has 0 bridgehead atoms. The first-order valence-corrected chi connectivity index (χ1v) is 9.56. The van der Waals surface area contributed by atoms with Gasteiger partial charge in [-0.3, -0.25) is 14.9 Å². The van der Waals surface area contributed by atoms with E-state index in [9.17, 15) is 14.9 Å². The van der Waals surface area contributed by atoms with Crippen molar-refractivity contribution >= 4 is 17.5 Å². The molecule has 4 rings (SSSR count). The molecule has 0 radical (unpaired) electrons. The average molecular weight is 416 g/mol. The number of fused-ring (bicyclic) bond motifs is 1. The van der Waals surface area contributed by atoms with Crippen LogP contribution in [0.4, 0.5) is 5.69 Å². The molecule has 0 aliphatic carbocycles. The lowest BCUT2D eigenvalue weighted by atomic mass is 10.0. The maximum atomic E-state index is 12.1. The van der Waals surface area contributed by atoms with Gasteiger partial charge in [-0.25, -0.2) is 0 Å². The lowest BCUT2D eigenvalue weighted by molar-refractivity contribution is -0.385. The van der Waals surface area contributed by atoms with Crippen LogP contribution in [0.2, 0.25) is 0 Å². The molecule has 7 nitrogen and oxygen atoms in total. The van der Waals surface area contributed by atoms with Gasteiger partial charge >= 0.3 is 5.69 Å². The smallest absolute Gasteiger partial charge is 0.310 e. The van der Waals surface area contributed by atoms with Crippen molar-refractivity contribution in [3.63, 3.8) is 0 Å². The highest BCUT2D eigenvalue weighted by Gasteiger charge is 2.21. The molecular formula is C24H20N2O5. The van der Waals surface area contributed by atoms with Crippen molar-refractivity contribution in [3.8, 4) is 33.9 Å². The summed E-state index contributed by atoms with van der Waals surface area (Å²) in [5, 5.41) is 11.3. The van der Waals surface area contributed by atoms with Crippen LogP contribution in [0.25, 0.3) is 27.9 Å². The van der Waals surface area contributed by atoms with Crippen LogP contribution in [0.5, 0.6) is 11.5 Å². The molecule has 2 heterocycles. The lowest BCUT2D eigenvalue weighted by Crippen LogP contribution is -1.99. The highest BCUT2D eigenvalue weighted by atomic mass is 16.6. The van der Waals surface area contributed by atoms with E-state index in [-0.39, 0.29) is 11.4 Å². The van der Waals surface area contributed by atoms with Crippen LogP contribution >= 0.6 is 0 Å². The van der Waals surface area contributed by atoms with E-state index in [1.165, 1.54) is 13.2 Å². The van der Waals surface area contributed by atoms with Gasteiger partial charge in [-0.05, 0) is 54.4 Å². The summed E-state index contributed by atoms with van der Waals surface area (Å²) in [6, 6.07) is 18.1. The number of carbonyl (C=O) groups is 1. The van der Waals surface area contributed by atoms with E-state index in [1.54, 1.807) is 19.2 Å². The fourth-order valence-electron chi connectivity index (χ4n) is 3.93. The van der Waals surface area contributed by atoms with Crippen LogP contribution in [0.1, 0.15) is 16.1 Å². The summed E-state index contributed by atoms with van der Waals surface area (Å²) in [7, 11) is 3.01. The molecule has 0 aliphatic heterocycles. The summed E-state index contributed by atoms with van der Waals surface area (Å²) in [6.07, 6.45) is 0.835. The van der Waals surface area contributed by atoms with Crippen molar-refractivity contribution < 1.29 is 19.2 Å². The van der Waals surface area contributed by atoms with E-state index < -0.39 is 4.92 Å². The van der Waals surface area contributed by atoms with Gasteiger partial charge in [0.05, 0.1) is 36.0 Å². The number of benzene rings is 2. The van der Waals surface area contributed by atoms with E-state index in [0.717, 1.165) is 39.9 Å². The van der Waals surface area contributed by atoms with Gasteiger partial charge in [-0.1, -0.05) is 18.2 Å². The number of ether oxygens (including phenoxy) is 2. The normalized spacial score (nSPS) is 10.8. The SMILES string of the molecule is COc1ccc(-c2c(C)c(C=O)n3c(-c4ccc([N+](=O)[O-])c(OC)c4)cccc23)cc1. The van der Waals surface area contributed by atoms with Gasteiger partial charge in [-0.15, -0.1) is 0 Å².